The lowest BCUT2D eigenvalue weighted by Gasteiger charge is -2.13. The van der Waals surface area contributed by atoms with Gasteiger partial charge in [0.15, 0.2) is 0 Å². The predicted octanol–water partition coefficient (Wildman–Crippen LogP) is 3.17. The molecule has 0 aliphatic rings. The van der Waals surface area contributed by atoms with Gasteiger partial charge in [-0.3, -0.25) is 4.79 Å². The number of amides is 1. The Morgan fingerprint density at radius 1 is 1.09 bits per heavy atom. The molecular formula is C17H20N2O3P+. The molecule has 0 bridgehead atoms. The Bertz CT molecular complexity index is 635. The molecule has 0 heterocycles. The number of hydrogen-bond acceptors (Lipinski definition) is 3. The van der Waals surface area contributed by atoms with Crippen molar-refractivity contribution in [3.63, 3.8) is 0 Å². The van der Waals surface area contributed by atoms with E-state index in [1.54, 1.807) is 0 Å². The third-order valence-corrected chi connectivity index (χ3v) is 4.28. The molecule has 2 N–H and O–H groups in total. The standard InChI is InChI=1S/C17H19N2O3P/c1-22-13-23(21)19-16(12-14-8-4-2-5-9-14)17(20)18-15-10-6-3-7-11-15/h2-11,16H,12-13H2,1H3,(H-,18,19,20,21)/p+1. The lowest BCUT2D eigenvalue weighted by Crippen LogP contribution is -2.39. The number of ether oxygens (including phenoxy) is 1. The van der Waals surface area contributed by atoms with Crippen molar-refractivity contribution in [1.82, 2.24) is 5.09 Å². The van der Waals surface area contributed by atoms with Gasteiger partial charge in [-0.05, 0) is 22.3 Å². The molecule has 0 spiro atoms. The van der Waals surface area contributed by atoms with Gasteiger partial charge in [0.2, 0.25) is 5.91 Å². The van der Waals surface area contributed by atoms with Gasteiger partial charge < -0.3 is 10.1 Å². The highest BCUT2D eigenvalue weighted by molar-refractivity contribution is 7.42. The highest BCUT2D eigenvalue weighted by Crippen LogP contribution is 2.18. The van der Waals surface area contributed by atoms with Crippen LogP contribution in [0.5, 0.6) is 0 Å². The summed E-state index contributed by atoms with van der Waals surface area (Å²) >= 11 is 0. The average Bonchev–Trinajstić information content (AvgIpc) is 2.56. The van der Waals surface area contributed by atoms with Crippen LogP contribution >= 0.6 is 7.95 Å². The van der Waals surface area contributed by atoms with Crippen LogP contribution in [-0.4, -0.2) is 25.4 Å². The largest absolute Gasteiger partial charge is 0.461 e. The van der Waals surface area contributed by atoms with Gasteiger partial charge in [0.25, 0.3) is 6.35 Å². The van der Waals surface area contributed by atoms with Crippen LogP contribution in [0.2, 0.25) is 0 Å². The van der Waals surface area contributed by atoms with E-state index in [9.17, 15) is 9.36 Å². The van der Waals surface area contributed by atoms with E-state index in [0.717, 1.165) is 5.56 Å². The molecule has 120 valence electrons. The van der Waals surface area contributed by atoms with Crippen molar-refractivity contribution in [3.05, 3.63) is 66.2 Å². The Kier molecular flexibility index (Phi) is 6.88. The van der Waals surface area contributed by atoms with E-state index in [4.69, 9.17) is 4.74 Å². The SMILES string of the molecule is COC[P+](=O)NC(Cc1ccccc1)C(=O)Nc1ccccc1. The average molecular weight is 331 g/mol. The Morgan fingerprint density at radius 3 is 2.30 bits per heavy atom. The number of para-hydroxylation sites is 1. The Balaban J connectivity index is 2.08. The van der Waals surface area contributed by atoms with Crippen molar-refractivity contribution in [3.8, 4) is 0 Å². The van der Waals surface area contributed by atoms with Gasteiger partial charge in [-0.1, -0.05) is 53.6 Å². The third-order valence-electron chi connectivity index (χ3n) is 3.19. The molecule has 2 aromatic rings. The van der Waals surface area contributed by atoms with Crippen LogP contribution < -0.4 is 10.4 Å². The fourth-order valence-electron chi connectivity index (χ4n) is 2.13. The molecule has 2 rings (SSSR count). The summed E-state index contributed by atoms with van der Waals surface area (Å²) in [6, 6.07) is 18.2. The van der Waals surface area contributed by atoms with Gasteiger partial charge in [0, 0.05) is 19.2 Å². The molecular weight excluding hydrogens is 311 g/mol. The molecule has 2 unspecified atom stereocenters. The first-order chi connectivity index (χ1) is 11.2. The second kappa shape index (κ2) is 9.16. The topological polar surface area (TPSA) is 67.4 Å². The van der Waals surface area contributed by atoms with E-state index < -0.39 is 14.0 Å². The van der Waals surface area contributed by atoms with Crippen molar-refractivity contribution in [2.24, 2.45) is 0 Å². The normalized spacial score (nSPS) is 12.5. The summed E-state index contributed by atoms with van der Waals surface area (Å²) in [4.78, 5) is 12.5. The summed E-state index contributed by atoms with van der Waals surface area (Å²) in [5.41, 5.74) is 1.70. The fraction of sp³-hybridized carbons (Fsp3) is 0.235. The third kappa shape index (κ3) is 5.91. The van der Waals surface area contributed by atoms with Crippen molar-refractivity contribution < 1.29 is 14.1 Å². The number of carbonyl (C=O) groups is 1. The van der Waals surface area contributed by atoms with Gasteiger partial charge in [-0.2, -0.15) is 0 Å². The summed E-state index contributed by atoms with van der Waals surface area (Å²) in [5.74, 6) is -0.223. The molecule has 0 aromatic heterocycles. The number of rotatable bonds is 8. The molecule has 0 saturated heterocycles. The number of carbonyl (C=O) groups excluding carboxylic acids is 1. The van der Waals surface area contributed by atoms with Gasteiger partial charge in [0.05, 0.1) is 0 Å². The zero-order chi connectivity index (χ0) is 16.5. The molecule has 0 radical (unpaired) electrons. The molecule has 1 amide bonds. The van der Waals surface area contributed by atoms with Crippen LogP contribution in [-0.2, 0) is 20.5 Å². The van der Waals surface area contributed by atoms with Crippen LogP contribution in [0, 0.1) is 0 Å². The molecule has 2 atom stereocenters. The Hall–Kier alpha value is -2.07. The van der Waals surface area contributed by atoms with E-state index in [2.05, 4.69) is 10.4 Å². The van der Waals surface area contributed by atoms with Crippen LogP contribution in [0.4, 0.5) is 5.69 Å². The lowest BCUT2D eigenvalue weighted by atomic mass is 10.1. The Labute approximate surface area is 136 Å². The second-order valence-corrected chi connectivity index (χ2v) is 6.30. The molecule has 0 aliphatic carbocycles. The van der Waals surface area contributed by atoms with Gasteiger partial charge >= 0.3 is 7.95 Å². The summed E-state index contributed by atoms with van der Waals surface area (Å²) in [6.45, 7) is 0. The molecule has 2 aromatic carbocycles. The van der Waals surface area contributed by atoms with E-state index in [1.165, 1.54) is 7.11 Å². The van der Waals surface area contributed by atoms with E-state index in [0.29, 0.717) is 12.1 Å². The number of hydrogen-bond donors (Lipinski definition) is 2. The fourth-order valence-corrected chi connectivity index (χ4v) is 2.99. The van der Waals surface area contributed by atoms with Gasteiger partial charge in [0.1, 0.15) is 6.04 Å². The smallest absolute Gasteiger partial charge is 0.339 e. The number of methoxy groups -OCH3 is 1. The minimum absolute atomic E-state index is 0.0687. The predicted molar refractivity (Wildman–Crippen MR) is 91.6 cm³/mol. The Morgan fingerprint density at radius 2 is 1.70 bits per heavy atom. The zero-order valence-electron chi connectivity index (χ0n) is 12.9. The van der Waals surface area contributed by atoms with Crippen molar-refractivity contribution >= 4 is 19.5 Å². The highest BCUT2D eigenvalue weighted by atomic mass is 31.1. The van der Waals surface area contributed by atoms with Crippen molar-refractivity contribution in [1.29, 1.82) is 0 Å². The first kappa shape index (κ1) is 17.3. The number of benzene rings is 2. The molecule has 0 saturated carbocycles. The van der Waals surface area contributed by atoms with Gasteiger partial charge in [-0.15, -0.1) is 0 Å². The van der Waals surface area contributed by atoms with Crippen LogP contribution in [0.15, 0.2) is 60.7 Å². The maximum absolute atomic E-state index is 12.5. The molecule has 6 heteroatoms. The van der Waals surface area contributed by atoms with E-state index >= 15 is 0 Å². The van der Waals surface area contributed by atoms with Crippen LogP contribution in [0.1, 0.15) is 5.56 Å². The lowest BCUT2D eigenvalue weighted by molar-refractivity contribution is -0.117. The highest BCUT2D eigenvalue weighted by Gasteiger charge is 2.28. The quantitative estimate of drug-likeness (QED) is 0.729. The number of anilines is 1. The van der Waals surface area contributed by atoms with Crippen molar-refractivity contribution in [2.45, 2.75) is 12.5 Å². The minimum atomic E-state index is -1.81. The van der Waals surface area contributed by atoms with Crippen molar-refractivity contribution in [2.75, 3.05) is 18.8 Å². The first-order valence-corrected chi connectivity index (χ1v) is 8.73. The second-order valence-electron chi connectivity index (χ2n) is 5.02. The molecule has 23 heavy (non-hydrogen) atoms. The monoisotopic (exact) mass is 331 g/mol. The molecule has 5 nitrogen and oxygen atoms in total. The molecule has 0 aliphatic heterocycles. The molecule has 0 fully saturated rings. The maximum atomic E-state index is 12.5. The van der Waals surface area contributed by atoms with Crippen LogP contribution in [0.25, 0.3) is 0 Å². The van der Waals surface area contributed by atoms with Gasteiger partial charge in [-0.25, -0.2) is 0 Å². The first-order valence-electron chi connectivity index (χ1n) is 7.28. The zero-order valence-corrected chi connectivity index (χ0v) is 13.8. The number of nitrogens with one attached hydrogen (secondary N) is 2. The van der Waals surface area contributed by atoms with Crippen LogP contribution in [0.3, 0.4) is 0 Å². The maximum Gasteiger partial charge on any atom is 0.461 e. The minimum Gasteiger partial charge on any atom is -0.339 e. The summed E-state index contributed by atoms with van der Waals surface area (Å²) < 4.78 is 16.8. The summed E-state index contributed by atoms with van der Waals surface area (Å²) in [7, 11) is -0.329. The summed E-state index contributed by atoms with van der Waals surface area (Å²) in [6.07, 6.45) is 0.517. The van der Waals surface area contributed by atoms with E-state index in [1.807, 2.05) is 60.7 Å². The van der Waals surface area contributed by atoms with E-state index in [-0.39, 0.29) is 12.3 Å². The summed E-state index contributed by atoms with van der Waals surface area (Å²) in [5, 5.41) is 5.70.